The highest BCUT2D eigenvalue weighted by Crippen LogP contribution is 2.53. The molecule has 0 radical (unpaired) electrons. The van der Waals surface area contributed by atoms with Crippen LogP contribution in [0, 0.1) is 5.41 Å². The number of hydrogen-bond donors (Lipinski definition) is 2. The van der Waals surface area contributed by atoms with Crippen molar-refractivity contribution in [2.75, 3.05) is 5.32 Å². The lowest BCUT2D eigenvalue weighted by Gasteiger charge is -2.49. The standard InChI is InChI=1S/C18H25NO3/c1-12(20)19-15-13(16(21)22)8-7-9-14(15)18(4)11-6-5-10-17(18,2)3/h7-9H,5-6,10-11H2,1-4H3,(H,19,20)(H,21,22). The largest absolute Gasteiger partial charge is 0.478 e. The first-order chi connectivity index (χ1) is 10.2. The molecule has 1 atom stereocenters. The maximum absolute atomic E-state index is 11.6. The van der Waals surface area contributed by atoms with Crippen molar-refractivity contribution in [1.82, 2.24) is 0 Å². The maximum atomic E-state index is 11.6. The second-order valence-electron chi connectivity index (χ2n) is 7.14. The van der Waals surface area contributed by atoms with Gasteiger partial charge in [0.25, 0.3) is 0 Å². The van der Waals surface area contributed by atoms with Crippen LogP contribution in [0.4, 0.5) is 5.69 Å². The summed E-state index contributed by atoms with van der Waals surface area (Å²) in [5.74, 6) is -1.25. The normalized spacial score (nSPS) is 23.8. The Morgan fingerprint density at radius 3 is 2.32 bits per heavy atom. The zero-order valence-corrected chi connectivity index (χ0v) is 13.8. The molecule has 4 heteroatoms. The topological polar surface area (TPSA) is 66.4 Å². The van der Waals surface area contributed by atoms with Crippen LogP contribution >= 0.6 is 0 Å². The number of carbonyl (C=O) groups excluding carboxylic acids is 1. The molecule has 1 aliphatic rings. The second kappa shape index (κ2) is 5.75. The van der Waals surface area contributed by atoms with Gasteiger partial charge in [0.15, 0.2) is 0 Å². The molecule has 2 rings (SSSR count). The van der Waals surface area contributed by atoms with Gasteiger partial charge in [-0.2, -0.15) is 0 Å². The summed E-state index contributed by atoms with van der Waals surface area (Å²) < 4.78 is 0. The van der Waals surface area contributed by atoms with Gasteiger partial charge in [0.2, 0.25) is 5.91 Å². The molecule has 1 amide bonds. The molecule has 22 heavy (non-hydrogen) atoms. The first-order valence-electron chi connectivity index (χ1n) is 7.83. The average molecular weight is 303 g/mol. The van der Waals surface area contributed by atoms with Gasteiger partial charge < -0.3 is 10.4 Å². The van der Waals surface area contributed by atoms with E-state index in [0.717, 1.165) is 24.8 Å². The Kier molecular flexibility index (Phi) is 4.32. The minimum Gasteiger partial charge on any atom is -0.478 e. The molecule has 1 unspecified atom stereocenters. The van der Waals surface area contributed by atoms with Gasteiger partial charge in [0, 0.05) is 6.92 Å². The van der Waals surface area contributed by atoms with E-state index in [2.05, 4.69) is 26.1 Å². The molecular weight excluding hydrogens is 278 g/mol. The van der Waals surface area contributed by atoms with Crippen molar-refractivity contribution >= 4 is 17.6 Å². The molecule has 0 spiro atoms. The van der Waals surface area contributed by atoms with E-state index in [1.165, 1.54) is 13.3 Å². The zero-order chi connectivity index (χ0) is 16.5. The summed E-state index contributed by atoms with van der Waals surface area (Å²) >= 11 is 0. The summed E-state index contributed by atoms with van der Waals surface area (Å²) in [4.78, 5) is 23.1. The van der Waals surface area contributed by atoms with E-state index < -0.39 is 5.97 Å². The molecular formula is C18H25NO3. The van der Waals surface area contributed by atoms with Crippen LogP contribution in [0.2, 0.25) is 0 Å². The quantitative estimate of drug-likeness (QED) is 0.879. The molecule has 1 saturated carbocycles. The number of para-hydroxylation sites is 1. The number of nitrogens with one attached hydrogen (secondary N) is 1. The summed E-state index contributed by atoms with van der Waals surface area (Å²) in [6.45, 7) is 8.07. The van der Waals surface area contributed by atoms with Crippen LogP contribution in [-0.2, 0) is 10.2 Å². The third kappa shape index (κ3) is 2.74. The molecule has 1 aromatic rings. The van der Waals surface area contributed by atoms with E-state index in [0.29, 0.717) is 5.69 Å². The molecule has 0 saturated heterocycles. The zero-order valence-electron chi connectivity index (χ0n) is 13.8. The smallest absolute Gasteiger partial charge is 0.337 e. The fourth-order valence-corrected chi connectivity index (χ4v) is 3.66. The lowest BCUT2D eigenvalue weighted by atomic mass is 9.55. The van der Waals surface area contributed by atoms with Crippen molar-refractivity contribution in [1.29, 1.82) is 0 Å². The molecule has 2 N–H and O–H groups in total. The molecule has 0 bridgehead atoms. The monoisotopic (exact) mass is 303 g/mol. The molecule has 0 aliphatic heterocycles. The fraction of sp³-hybridized carbons (Fsp3) is 0.556. The molecule has 1 fully saturated rings. The van der Waals surface area contributed by atoms with Crippen molar-refractivity contribution in [3.63, 3.8) is 0 Å². The van der Waals surface area contributed by atoms with Crippen LogP contribution in [0.3, 0.4) is 0 Å². The van der Waals surface area contributed by atoms with Crippen molar-refractivity contribution in [3.05, 3.63) is 29.3 Å². The number of carbonyl (C=O) groups is 2. The summed E-state index contributed by atoms with van der Waals surface area (Å²) in [5, 5.41) is 12.2. The van der Waals surface area contributed by atoms with Crippen LogP contribution < -0.4 is 5.32 Å². The van der Waals surface area contributed by atoms with Crippen LogP contribution in [0.1, 0.15) is 69.3 Å². The number of carboxylic acids is 1. The third-order valence-corrected chi connectivity index (χ3v) is 5.41. The average Bonchev–Trinajstić information content (AvgIpc) is 2.41. The Bertz CT molecular complexity index is 606. The molecule has 4 nitrogen and oxygen atoms in total. The highest BCUT2D eigenvalue weighted by atomic mass is 16.4. The number of hydrogen-bond acceptors (Lipinski definition) is 2. The second-order valence-corrected chi connectivity index (χ2v) is 7.14. The van der Waals surface area contributed by atoms with E-state index in [1.807, 2.05) is 6.07 Å². The molecule has 1 aromatic carbocycles. The number of anilines is 1. The third-order valence-electron chi connectivity index (χ3n) is 5.41. The van der Waals surface area contributed by atoms with Gasteiger partial charge in [-0.05, 0) is 35.3 Å². The van der Waals surface area contributed by atoms with E-state index >= 15 is 0 Å². The van der Waals surface area contributed by atoms with Gasteiger partial charge in [0.1, 0.15) is 0 Å². The van der Waals surface area contributed by atoms with E-state index in [4.69, 9.17) is 0 Å². The number of rotatable bonds is 3. The minimum absolute atomic E-state index is 0.0512. The highest BCUT2D eigenvalue weighted by molar-refractivity contribution is 6.01. The lowest BCUT2D eigenvalue weighted by Crippen LogP contribution is -2.42. The number of carboxylic acid groups (broad SMARTS) is 1. The lowest BCUT2D eigenvalue weighted by molar-refractivity contribution is -0.114. The maximum Gasteiger partial charge on any atom is 0.337 e. The highest BCUT2D eigenvalue weighted by Gasteiger charge is 2.45. The molecule has 0 heterocycles. The summed E-state index contributed by atoms with van der Waals surface area (Å²) in [7, 11) is 0. The van der Waals surface area contributed by atoms with E-state index in [-0.39, 0.29) is 22.3 Å². The predicted molar refractivity (Wildman–Crippen MR) is 87.3 cm³/mol. The van der Waals surface area contributed by atoms with Gasteiger partial charge in [-0.15, -0.1) is 0 Å². The summed E-state index contributed by atoms with van der Waals surface area (Å²) in [5.41, 5.74) is 1.45. The Morgan fingerprint density at radius 2 is 1.77 bits per heavy atom. The first-order valence-corrected chi connectivity index (χ1v) is 7.83. The van der Waals surface area contributed by atoms with Crippen molar-refractivity contribution < 1.29 is 14.7 Å². The van der Waals surface area contributed by atoms with Crippen LogP contribution in [-0.4, -0.2) is 17.0 Å². The van der Waals surface area contributed by atoms with Gasteiger partial charge >= 0.3 is 5.97 Å². The number of aromatic carboxylic acids is 1. The van der Waals surface area contributed by atoms with Crippen molar-refractivity contribution in [3.8, 4) is 0 Å². The molecule has 1 aliphatic carbocycles. The summed E-state index contributed by atoms with van der Waals surface area (Å²) in [6.07, 6.45) is 4.41. The Morgan fingerprint density at radius 1 is 1.14 bits per heavy atom. The Labute approximate surface area is 131 Å². The van der Waals surface area contributed by atoms with Crippen LogP contribution in [0.15, 0.2) is 18.2 Å². The van der Waals surface area contributed by atoms with Gasteiger partial charge in [-0.1, -0.05) is 45.7 Å². The van der Waals surface area contributed by atoms with Gasteiger partial charge in [0.05, 0.1) is 11.3 Å². The number of benzene rings is 1. The minimum atomic E-state index is -1.01. The summed E-state index contributed by atoms with van der Waals surface area (Å²) in [6, 6.07) is 5.29. The predicted octanol–water partition coefficient (Wildman–Crippen LogP) is 4.20. The molecule has 0 aromatic heterocycles. The Hall–Kier alpha value is -1.84. The van der Waals surface area contributed by atoms with Crippen LogP contribution in [0.5, 0.6) is 0 Å². The van der Waals surface area contributed by atoms with E-state index in [1.54, 1.807) is 12.1 Å². The Balaban J connectivity index is 2.65. The van der Waals surface area contributed by atoms with Crippen molar-refractivity contribution in [2.24, 2.45) is 5.41 Å². The number of amides is 1. The molecule has 120 valence electrons. The van der Waals surface area contributed by atoms with Gasteiger partial charge in [-0.25, -0.2) is 4.79 Å². The first kappa shape index (κ1) is 16.5. The SMILES string of the molecule is CC(=O)Nc1c(C(=O)O)cccc1C1(C)CCCCC1(C)C. The van der Waals surface area contributed by atoms with Crippen LogP contribution in [0.25, 0.3) is 0 Å². The van der Waals surface area contributed by atoms with Crippen molar-refractivity contribution in [2.45, 2.75) is 58.8 Å². The fourth-order valence-electron chi connectivity index (χ4n) is 3.66. The van der Waals surface area contributed by atoms with E-state index in [9.17, 15) is 14.7 Å². The van der Waals surface area contributed by atoms with Gasteiger partial charge in [-0.3, -0.25) is 4.79 Å².